The van der Waals surface area contributed by atoms with E-state index < -0.39 is 16.1 Å². The lowest BCUT2D eigenvalue weighted by molar-refractivity contribution is -0.125. The highest BCUT2D eigenvalue weighted by Gasteiger charge is 2.37. The van der Waals surface area contributed by atoms with Gasteiger partial charge in [0.1, 0.15) is 6.04 Å². The summed E-state index contributed by atoms with van der Waals surface area (Å²) < 4.78 is 27.2. The van der Waals surface area contributed by atoms with Crippen molar-refractivity contribution in [2.75, 3.05) is 30.8 Å². The van der Waals surface area contributed by atoms with E-state index in [1.807, 2.05) is 18.4 Å². The van der Waals surface area contributed by atoms with E-state index in [4.69, 9.17) is 0 Å². The van der Waals surface area contributed by atoms with Gasteiger partial charge in [-0.25, -0.2) is 8.42 Å². The summed E-state index contributed by atoms with van der Waals surface area (Å²) in [6.07, 6.45) is 2.99. The average Bonchev–Trinajstić information content (AvgIpc) is 3.19. The molecule has 1 heterocycles. The van der Waals surface area contributed by atoms with Crippen molar-refractivity contribution in [3.05, 3.63) is 53.6 Å². The summed E-state index contributed by atoms with van der Waals surface area (Å²) in [6.45, 7) is 6.22. The van der Waals surface area contributed by atoms with Crippen LogP contribution in [-0.2, 0) is 32.5 Å². The molecule has 7 nitrogen and oxygen atoms in total. The minimum Gasteiger partial charge on any atom is -0.354 e. The Bertz CT molecular complexity index is 1110. The lowest BCUT2D eigenvalue weighted by atomic mass is 10.1. The summed E-state index contributed by atoms with van der Waals surface area (Å²) in [4.78, 5) is 28.2. The van der Waals surface area contributed by atoms with Crippen molar-refractivity contribution in [2.24, 2.45) is 0 Å². The van der Waals surface area contributed by atoms with Crippen molar-refractivity contribution >= 4 is 39.3 Å². The zero-order chi connectivity index (χ0) is 24.2. The average molecular weight is 490 g/mol. The van der Waals surface area contributed by atoms with Crippen molar-refractivity contribution in [1.82, 2.24) is 9.62 Å². The normalized spacial score (nSPS) is 15.5. The second kappa shape index (κ2) is 10.7. The van der Waals surface area contributed by atoms with Crippen LogP contribution in [0.15, 0.2) is 52.3 Å². The van der Waals surface area contributed by atoms with Crippen LogP contribution in [0.4, 0.5) is 5.69 Å². The van der Waals surface area contributed by atoms with Crippen LogP contribution >= 0.6 is 11.8 Å². The molecule has 0 bridgehead atoms. The lowest BCUT2D eigenvalue weighted by Gasteiger charge is -2.23. The van der Waals surface area contributed by atoms with Crippen molar-refractivity contribution < 1.29 is 18.0 Å². The Labute approximate surface area is 200 Å². The molecular formula is C24H31N3O4S2. The number of thioether (sulfide) groups is 1. The standard InChI is InChI=1S/C24H31N3O4S2/c1-5-26(6-2)33(30,31)21-11-12-22-19(15-21)16-23(27(22)17(3)28)24(29)25-14-13-18-7-9-20(32-4)10-8-18/h7-12,15,23H,5-6,13-14,16H2,1-4H3,(H,25,29)/t23-/m0/s1. The molecule has 1 aliphatic rings. The number of nitrogens with zero attached hydrogens (tertiary/aromatic N) is 2. The third-order valence-electron chi connectivity index (χ3n) is 5.89. The van der Waals surface area contributed by atoms with E-state index in [0.717, 1.165) is 5.56 Å². The molecular weight excluding hydrogens is 458 g/mol. The molecule has 0 unspecified atom stereocenters. The number of hydrogen-bond donors (Lipinski definition) is 1. The van der Waals surface area contributed by atoms with E-state index in [1.54, 1.807) is 37.7 Å². The number of anilines is 1. The second-order valence-electron chi connectivity index (χ2n) is 7.88. The topological polar surface area (TPSA) is 86.8 Å². The van der Waals surface area contributed by atoms with Crippen molar-refractivity contribution in [1.29, 1.82) is 0 Å². The smallest absolute Gasteiger partial charge is 0.243 e. The van der Waals surface area contributed by atoms with Gasteiger partial charge >= 0.3 is 0 Å². The molecule has 0 spiro atoms. The second-order valence-corrected chi connectivity index (χ2v) is 10.7. The molecule has 1 N–H and O–H groups in total. The van der Waals surface area contributed by atoms with E-state index in [0.29, 0.717) is 37.3 Å². The van der Waals surface area contributed by atoms with Gasteiger partial charge in [0, 0.05) is 43.6 Å². The number of rotatable bonds is 9. The zero-order valence-electron chi connectivity index (χ0n) is 19.5. The molecule has 2 aromatic carbocycles. The van der Waals surface area contributed by atoms with Crippen LogP contribution in [0.1, 0.15) is 31.9 Å². The van der Waals surface area contributed by atoms with Crippen LogP contribution < -0.4 is 10.2 Å². The molecule has 0 saturated heterocycles. The summed E-state index contributed by atoms with van der Waals surface area (Å²) in [7, 11) is -3.62. The maximum absolute atomic E-state index is 13.0. The number of carbonyl (C=O) groups excluding carboxylic acids is 2. The van der Waals surface area contributed by atoms with Crippen LogP contribution in [-0.4, -0.2) is 56.5 Å². The Hall–Kier alpha value is -2.36. The van der Waals surface area contributed by atoms with E-state index >= 15 is 0 Å². The number of carbonyl (C=O) groups is 2. The van der Waals surface area contributed by atoms with Crippen LogP contribution in [0.5, 0.6) is 0 Å². The Morgan fingerprint density at radius 3 is 2.36 bits per heavy atom. The summed E-state index contributed by atoms with van der Waals surface area (Å²) in [6, 6.07) is 12.2. The molecule has 2 aromatic rings. The minimum atomic E-state index is -3.62. The van der Waals surface area contributed by atoms with Gasteiger partial charge in [0.2, 0.25) is 21.8 Å². The minimum absolute atomic E-state index is 0.184. The predicted octanol–water partition coefficient (Wildman–Crippen LogP) is 3.08. The summed E-state index contributed by atoms with van der Waals surface area (Å²) >= 11 is 1.68. The Morgan fingerprint density at radius 2 is 1.79 bits per heavy atom. The fourth-order valence-corrected chi connectivity index (χ4v) is 6.06. The Morgan fingerprint density at radius 1 is 1.12 bits per heavy atom. The fraction of sp³-hybridized carbons (Fsp3) is 0.417. The van der Waals surface area contributed by atoms with Crippen LogP contribution in [0.3, 0.4) is 0 Å². The molecule has 0 saturated carbocycles. The Balaban J connectivity index is 1.74. The SMILES string of the molecule is CCN(CC)S(=O)(=O)c1ccc2c(c1)C[C@@H](C(=O)NCCc1ccc(SC)cc1)N2C(C)=O. The molecule has 1 aliphatic heterocycles. The highest BCUT2D eigenvalue weighted by molar-refractivity contribution is 7.98. The van der Waals surface area contributed by atoms with Crippen molar-refractivity contribution in [3.8, 4) is 0 Å². The first-order chi connectivity index (χ1) is 15.7. The number of nitrogens with one attached hydrogen (secondary N) is 1. The van der Waals surface area contributed by atoms with Gasteiger partial charge in [0.15, 0.2) is 0 Å². The summed E-state index contributed by atoms with van der Waals surface area (Å²) in [5, 5.41) is 2.94. The number of hydrogen-bond acceptors (Lipinski definition) is 5. The van der Waals surface area contributed by atoms with Crippen molar-refractivity contribution in [3.63, 3.8) is 0 Å². The number of fused-ring (bicyclic) bond motifs is 1. The highest BCUT2D eigenvalue weighted by Crippen LogP contribution is 2.35. The van der Waals surface area contributed by atoms with Crippen molar-refractivity contribution in [2.45, 2.75) is 49.4 Å². The molecule has 0 aliphatic carbocycles. The van der Waals surface area contributed by atoms with Gasteiger partial charge in [-0.1, -0.05) is 26.0 Å². The molecule has 178 valence electrons. The van der Waals surface area contributed by atoms with E-state index in [9.17, 15) is 18.0 Å². The largest absolute Gasteiger partial charge is 0.354 e. The Kier molecular flexibility index (Phi) is 8.20. The first-order valence-corrected chi connectivity index (χ1v) is 13.7. The molecule has 0 radical (unpaired) electrons. The fourth-order valence-electron chi connectivity index (χ4n) is 4.14. The van der Waals surface area contributed by atoms with Gasteiger partial charge in [0.05, 0.1) is 4.90 Å². The molecule has 1 atom stereocenters. The quantitative estimate of drug-likeness (QED) is 0.547. The third-order valence-corrected chi connectivity index (χ3v) is 8.68. The summed E-state index contributed by atoms with van der Waals surface area (Å²) in [5.41, 5.74) is 2.40. The van der Waals surface area contributed by atoms with E-state index in [-0.39, 0.29) is 23.1 Å². The van der Waals surface area contributed by atoms with Gasteiger partial charge in [-0.2, -0.15) is 4.31 Å². The molecule has 2 amide bonds. The van der Waals surface area contributed by atoms with Gasteiger partial charge in [-0.15, -0.1) is 11.8 Å². The molecule has 9 heteroatoms. The van der Waals surface area contributed by atoms with Gasteiger partial charge in [-0.3, -0.25) is 14.5 Å². The number of benzene rings is 2. The first kappa shape index (κ1) is 25.3. The lowest BCUT2D eigenvalue weighted by Crippen LogP contribution is -2.47. The summed E-state index contributed by atoms with van der Waals surface area (Å²) in [5.74, 6) is -0.490. The monoisotopic (exact) mass is 489 g/mol. The van der Waals surface area contributed by atoms with E-state index in [2.05, 4.69) is 17.4 Å². The first-order valence-electron chi connectivity index (χ1n) is 11.1. The number of amides is 2. The van der Waals surface area contributed by atoms with Crippen LogP contribution in [0.2, 0.25) is 0 Å². The highest BCUT2D eigenvalue weighted by atomic mass is 32.2. The van der Waals surface area contributed by atoms with Gasteiger partial charge in [0.25, 0.3) is 0 Å². The van der Waals surface area contributed by atoms with Gasteiger partial charge in [-0.05, 0) is 54.1 Å². The van der Waals surface area contributed by atoms with Crippen LogP contribution in [0.25, 0.3) is 0 Å². The third kappa shape index (κ3) is 5.42. The molecule has 33 heavy (non-hydrogen) atoms. The number of sulfonamides is 1. The zero-order valence-corrected chi connectivity index (χ0v) is 21.1. The van der Waals surface area contributed by atoms with Crippen LogP contribution in [0, 0.1) is 0 Å². The molecule has 3 rings (SSSR count). The predicted molar refractivity (Wildman–Crippen MR) is 132 cm³/mol. The van der Waals surface area contributed by atoms with Gasteiger partial charge < -0.3 is 5.32 Å². The molecule has 0 aromatic heterocycles. The van der Waals surface area contributed by atoms with E-state index in [1.165, 1.54) is 27.1 Å². The maximum Gasteiger partial charge on any atom is 0.243 e. The maximum atomic E-state index is 13.0. The molecule has 0 fully saturated rings.